The van der Waals surface area contributed by atoms with Crippen LogP contribution in [0.1, 0.15) is 23.1 Å². The summed E-state index contributed by atoms with van der Waals surface area (Å²) in [5, 5.41) is 8.27. The van der Waals surface area contributed by atoms with Crippen molar-refractivity contribution in [3.8, 4) is 11.5 Å². The van der Waals surface area contributed by atoms with E-state index in [9.17, 15) is 4.79 Å². The molecule has 1 aliphatic rings. The molecule has 2 aromatic rings. The molecule has 120 valence electrons. The summed E-state index contributed by atoms with van der Waals surface area (Å²) in [6, 6.07) is 5.68. The number of aromatic nitrogens is 3. The maximum atomic E-state index is 12.3. The van der Waals surface area contributed by atoms with E-state index in [0.29, 0.717) is 29.1 Å². The van der Waals surface area contributed by atoms with Gasteiger partial charge in [0, 0.05) is 0 Å². The van der Waals surface area contributed by atoms with Crippen LogP contribution in [0.4, 0.5) is 0 Å². The minimum atomic E-state index is -0.281. The fraction of sp³-hybridized carbons (Fsp3) is 0.312. The normalized spacial score (nSPS) is 16.8. The molecule has 0 amide bonds. The van der Waals surface area contributed by atoms with Crippen LogP contribution in [0.25, 0.3) is 6.08 Å². The Morgan fingerprint density at radius 1 is 1.35 bits per heavy atom. The fourth-order valence-corrected chi connectivity index (χ4v) is 3.35. The lowest BCUT2D eigenvalue weighted by Gasteiger charge is -2.09. The van der Waals surface area contributed by atoms with E-state index in [-0.39, 0.29) is 11.2 Å². The highest BCUT2D eigenvalue weighted by molar-refractivity contribution is 8.01. The van der Waals surface area contributed by atoms with E-state index in [2.05, 4.69) is 10.2 Å². The van der Waals surface area contributed by atoms with Gasteiger partial charge in [0.05, 0.1) is 13.7 Å². The molecule has 7 heteroatoms. The van der Waals surface area contributed by atoms with Crippen LogP contribution in [0.2, 0.25) is 0 Å². The van der Waals surface area contributed by atoms with E-state index in [0.717, 1.165) is 5.56 Å². The van der Waals surface area contributed by atoms with E-state index in [1.807, 2.05) is 37.3 Å². The number of aryl methyl sites for hydroxylation is 1. The Morgan fingerprint density at radius 2 is 2.17 bits per heavy atom. The summed E-state index contributed by atoms with van der Waals surface area (Å²) in [4.78, 5) is 12.3. The van der Waals surface area contributed by atoms with Crippen LogP contribution in [0.3, 0.4) is 0 Å². The maximum absolute atomic E-state index is 12.3. The molecule has 2 heterocycles. The third-order valence-corrected chi connectivity index (χ3v) is 4.53. The molecule has 1 aliphatic heterocycles. The first-order valence-corrected chi connectivity index (χ1v) is 8.14. The van der Waals surface area contributed by atoms with Gasteiger partial charge in [0.2, 0.25) is 0 Å². The summed E-state index contributed by atoms with van der Waals surface area (Å²) in [6.45, 7) is 4.28. The van der Waals surface area contributed by atoms with Gasteiger partial charge >= 0.3 is 0 Å². The van der Waals surface area contributed by atoms with Gasteiger partial charge in [0.1, 0.15) is 11.1 Å². The fourth-order valence-electron chi connectivity index (χ4n) is 2.35. The topological polar surface area (TPSA) is 66.2 Å². The van der Waals surface area contributed by atoms with Crippen molar-refractivity contribution in [2.24, 2.45) is 0 Å². The predicted octanol–water partition coefficient (Wildman–Crippen LogP) is 2.82. The van der Waals surface area contributed by atoms with Gasteiger partial charge in [-0.25, -0.2) is 4.57 Å². The van der Waals surface area contributed by atoms with Crippen molar-refractivity contribution in [2.75, 3.05) is 13.7 Å². The second-order valence-corrected chi connectivity index (χ2v) is 6.05. The SMILES string of the molecule is CCOc1ccc(/C=C\C2Sc3nnc(C)n3C2=O)cc1OC. The number of ether oxygens (including phenoxy) is 2. The molecule has 1 aromatic heterocycles. The molecule has 0 saturated heterocycles. The first-order valence-electron chi connectivity index (χ1n) is 7.26. The maximum Gasteiger partial charge on any atom is 0.251 e. The molecule has 0 bridgehead atoms. The number of carbonyl (C=O) groups excluding carboxylic acids is 1. The largest absolute Gasteiger partial charge is 0.493 e. The third-order valence-electron chi connectivity index (χ3n) is 3.44. The second-order valence-electron chi connectivity index (χ2n) is 4.94. The number of benzene rings is 1. The Morgan fingerprint density at radius 3 is 2.87 bits per heavy atom. The van der Waals surface area contributed by atoms with E-state index >= 15 is 0 Å². The summed E-state index contributed by atoms with van der Waals surface area (Å²) < 4.78 is 12.4. The van der Waals surface area contributed by atoms with Crippen LogP contribution in [-0.2, 0) is 0 Å². The zero-order chi connectivity index (χ0) is 16.4. The Kier molecular flexibility index (Phi) is 4.38. The zero-order valence-corrected chi connectivity index (χ0v) is 14.0. The van der Waals surface area contributed by atoms with Crippen molar-refractivity contribution in [3.05, 3.63) is 35.7 Å². The van der Waals surface area contributed by atoms with E-state index < -0.39 is 0 Å². The molecular weight excluding hydrogens is 314 g/mol. The van der Waals surface area contributed by atoms with Crippen molar-refractivity contribution in [1.82, 2.24) is 14.8 Å². The van der Waals surface area contributed by atoms with Crippen LogP contribution in [0.15, 0.2) is 29.4 Å². The predicted molar refractivity (Wildman–Crippen MR) is 88.2 cm³/mol. The molecule has 0 aliphatic carbocycles. The smallest absolute Gasteiger partial charge is 0.251 e. The molecule has 0 fully saturated rings. The number of rotatable bonds is 5. The van der Waals surface area contributed by atoms with Crippen molar-refractivity contribution >= 4 is 23.7 Å². The quantitative estimate of drug-likeness (QED) is 0.839. The summed E-state index contributed by atoms with van der Waals surface area (Å²) in [6.07, 6.45) is 3.78. The van der Waals surface area contributed by atoms with Gasteiger partial charge in [-0.05, 0) is 31.5 Å². The lowest BCUT2D eigenvalue weighted by Crippen LogP contribution is -2.16. The number of fused-ring (bicyclic) bond motifs is 1. The molecular formula is C16H17N3O3S. The summed E-state index contributed by atoms with van der Waals surface area (Å²) >= 11 is 1.40. The molecule has 1 unspecified atom stereocenters. The van der Waals surface area contributed by atoms with Crippen LogP contribution in [-0.4, -0.2) is 39.6 Å². The van der Waals surface area contributed by atoms with E-state index in [4.69, 9.17) is 9.47 Å². The minimum Gasteiger partial charge on any atom is -0.493 e. The van der Waals surface area contributed by atoms with Crippen molar-refractivity contribution in [2.45, 2.75) is 24.3 Å². The molecule has 1 aromatic carbocycles. The Labute approximate surface area is 138 Å². The van der Waals surface area contributed by atoms with E-state index in [1.54, 1.807) is 18.6 Å². The number of methoxy groups -OCH3 is 1. The molecule has 6 nitrogen and oxygen atoms in total. The van der Waals surface area contributed by atoms with E-state index in [1.165, 1.54) is 11.8 Å². The number of nitrogens with zero attached hydrogens (tertiary/aromatic N) is 3. The first-order chi connectivity index (χ1) is 11.1. The lowest BCUT2D eigenvalue weighted by molar-refractivity contribution is 0.0919. The number of hydrogen-bond acceptors (Lipinski definition) is 6. The molecule has 0 saturated carbocycles. The van der Waals surface area contributed by atoms with Gasteiger partial charge in [-0.2, -0.15) is 0 Å². The zero-order valence-electron chi connectivity index (χ0n) is 13.1. The average Bonchev–Trinajstić information content (AvgIpc) is 3.07. The summed E-state index contributed by atoms with van der Waals surface area (Å²) in [5.74, 6) is 1.99. The molecule has 23 heavy (non-hydrogen) atoms. The highest BCUT2D eigenvalue weighted by Crippen LogP contribution is 2.33. The first kappa shape index (κ1) is 15.6. The average molecular weight is 331 g/mol. The van der Waals surface area contributed by atoms with Gasteiger partial charge in [0.15, 0.2) is 16.7 Å². The third kappa shape index (κ3) is 2.96. The second kappa shape index (κ2) is 6.45. The number of hydrogen-bond donors (Lipinski definition) is 0. The van der Waals surface area contributed by atoms with Gasteiger partial charge in [0.25, 0.3) is 5.91 Å². The Balaban J connectivity index is 1.77. The number of thioether (sulfide) groups is 1. The van der Waals surface area contributed by atoms with Gasteiger partial charge in [-0.15, -0.1) is 10.2 Å². The van der Waals surface area contributed by atoms with Crippen molar-refractivity contribution in [3.63, 3.8) is 0 Å². The van der Waals surface area contributed by atoms with Crippen molar-refractivity contribution < 1.29 is 14.3 Å². The van der Waals surface area contributed by atoms with Gasteiger partial charge in [-0.3, -0.25) is 4.79 Å². The van der Waals surface area contributed by atoms with Gasteiger partial charge in [-0.1, -0.05) is 30.0 Å². The Hall–Kier alpha value is -2.28. The van der Waals surface area contributed by atoms with Crippen LogP contribution in [0.5, 0.6) is 11.5 Å². The van der Waals surface area contributed by atoms with Crippen molar-refractivity contribution in [1.29, 1.82) is 0 Å². The lowest BCUT2D eigenvalue weighted by atomic mass is 10.1. The molecule has 0 spiro atoms. The monoisotopic (exact) mass is 331 g/mol. The minimum absolute atomic E-state index is 0.0124. The van der Waals surface area contributed by atoms with Crippen LogP contribution >= 0.6 is 11.8 Å². The number of carbonyl (C=O) groups is 1. The Bertz CT molecular complexity index is 770. The molecule has 3 rings (SSSR count). The summed E-state index contributed by atoms with van der Waals surface area (Å²) in [7, 11) is 1.61. The van der Waals surface area contributed by atoms with Crippen LogP contribution in [0, 0.1) is 6.92 Å². The highest BCUT2D eigenvalue weighted by Gasteiger charge is 2.32. The standard InChI is InChI=1S/C16H17N3O3S/c1-4-22-12-7-5-11(9-13(12)21-3)6-8-14-15(20)19-10(2)17-18-16(19)23-14/h5-9,14H,4H2,1-3H3/b8-6-. The molecule has 1 atom stereocenters. The van der Waals surface area contributed by atoms with Gasteiger partial charge < -0.3 is 9.47 Å². The van der Waals surface area contributed by atoms with Crippen LogP contribution < -0.4 is 9.47 Å². The molecule has 0 N–H and O–H groups in total. The highest BCUT2D eigenvalue weighted by atomic mass is 32.2. The summed E-state index contributed by atoms with van der Waals surface area (Å²) in [5.41, 5.74) is 0.943. The molecule has 0 radical (unpaired) electrons.